The normalized spacial score (nSPS) is 14.6. The van der Waals surface area contributed by atoms with E-state index in [1.807, 2.05) is 6.92 Å². The molecule has 4 heteroatoms. The molecule has 0 aromatic carbocycles. The van der Waals surface area contributed by atoms with Crippen molar-refractivity contribution < 1.29 is 18.9 Å². The molecule has 1 unspecified atom stereocenters. The molecular weight excluding hydrogens is 316 g/mol. The van der Waals surface area contributed by atoms with Gasteiger partial charge >= 0.3 is 0 Å². The van der Waals surface area contributed by atoms with Gasteiger partial charge in [-0.15, -0.1) is 0 Å². The van der Waals surface area contributed by atoms with Gasteiger partial charge < -0.3 is 18.9 Å². The van der Waals surface area contributed by atoms with Crippen LogP contribution in [0.25, 0.3) is 0 Å². The molecule has 0 radical (unpaired) electrons. The fourth-order valence-corrected chi connectivity index (χ4v) is 4.11. The lowest BCUT2D eigenvalue weighted by molar-refractivity contribution is -0.411. The average molecular weight is 361 g/mol. The second-order valence-corrected chi connectivity index (χ2v) is 7.02. The third kappa shape index (κ3) is 7.94. The van der Waals surface area contributed by atoms with Crippen molar-refractivity contribution in [2.75, 3.05) is 34.5 Å². The van der Waals surface area contributed by atoms with E-state index in [9.17, 15) is 0 Å². The molecular formula is C21H44O4. The van der Waals surface area contributed by atoms with Gasteiger partial charge in [0.25, 0.3) is 5.97 Å². The van der Waals surface area contributed by atoms with Crippen LogP contribution in [0.5, 0.6) is 0 Å². The van der Waals surface area contributed by atoms with Gasteiger partial charge in [0.05, 0.1) is 5.41 Å². The Morgan fingerprint density at radius 3 is 1.68 bits per heavy atom. The van der Waals surface area contributed by atoms with Crippen molar-refractivity contribution in [2.24, 2.45) is 5.41 Å². The first-order valence-electron chi connectivity index (χ1n) is 10.3. The van der Waals surface area contributed by atoms with Crippen LogP contribution in [-0.4, -0.2) is 40.5 Å². The number of unbranched alkanes of at least 4 members (excludes halogenated alkanes) is 5. The van der Waals surface area contributed by atoms with Gasteiger partial charge in [0.1, 0.15) is 0 Å². The van der Waals surface area contributed by atoms with Crippen molar-refractivity contribution in [2.45, 2.75) is 97.4 Å². The highest BCUT2D eigenvalue weighted by Gasteiger charge is 2.52. The van der Waals surface area contributed by atoms with Crippen molar-refractivity contribution in [1.82, 2.24) is 0 Å². The van der Waals surface area contributed by atoms with E-state index in [2.05, 4.69) is 13.8 Å². The van der Waals surface area contributed by atoms with E-state index in [-0.39, 0.29) is 5.41 Å². The Morgan fingerprint density at radius 2 is 1.16 bits per heavy atom. The zero-order valence-corrected chi connectivity index (χ0v) is 17.8. The minimum absolute atomic E-state index is 0.137. The molecule has 0 bridgehead atoms. The van der Waals surface area contributed by atoms with Gasteiger partial charge in [-0.25, -0.2) is 0 Å². The maximum atomic E-state index is 5.82. The number of rotatable bonds is 18. The molecule has 152 valence electrons. The van der Waals surface area contributed by atoms with Gasteiger partial charge in [-0.3, -0.25) is 0 Å². The third-order valence-electron chi connectivity index (χ3n) is 5.34. The topological polar surface area (TPSA) is 36.9 Å². The van der Waals surface area contributed by atoms with Crippen LogP contribution in [0.1, 0.15) is 91.4 Å². The van der Waals surface area contributed by atoms with E-state index in [1.54, 1.807) is 21.3 Å². The summed E-state index contributed by atoms with van der Waals surface area (Å²) in [5.41, 5.74) is -0.137. The van der Waals surface area contributed by atoms with E-state index in [1.165, 1.54) is 38.5 Å². The molecule has 0 aromatic heterocycles. The molecule has 1 atom stereocenters. The Kier molecular flexibility index (Phi) is 14.9. The Bertz CT molecular complexity index is 283. The SMILES string of the molecule is CCCCCCCCC(CCC)(CCCOCC)C(OC)(OC)OC. The van der Waals surface area contributed by atoms with E-state index < -0.39 is 5.97 Å². The van der Waals surface area contributed by atoms with Gasteiger partial charge in [-0.2, -0.15) is 0 Å². The van der Waals surface area contributed by atoms with Crippen LogP contribution >= 0.6 is 0 Å². The lowest BCUT2D eigenvalue weighted by atomic mass is 9.72. The molecule has 0 heterocycles. The number of hydrogen-bond acceptors (Lipinski definition) is 4. The van der Waals surface area contributed by atoms with Crippen LogP contribution in [0.3, 0.4) is 0 Å². The van der Waals surface area contributed by atoms with Crippen molar-refractivity contribution in [3.05, 3.63) is 0 Å². The van der Waals surface area contributed by atoms with Gasteiger partial charge in [-0.05, 0) is 32.6 Å². The van der Waals surface area contributed by atoms with E-state index in [4.69, 9.17) is 18.9 Å². The minimum Gasteiger partial charge on any atom is -0.382 e. The fraction of sp³-hybridized carbons (Fsp3) is 1.00. The van der Waals surface area contributed by atoms with Crippen molar-refractivity contribution in [3.63, 3.8) is 0 Å². The van der Waals surface area contributed by atoms with Crippen molar-refractivity contribution in [3.8, 4) is 0 Å². The molecule has 0 aliphatic heterocycles. The van der Waals surface area contributed by atoms with Crippen LogP contribution in [0.2, 0.25) is 0 Å². The number of hydrogen-bond donors (Lipinski definition) is 0. The van der Waals surface area contributed by atoms with E-state index >= 15 is 0 Å². The van der Waals surface area contributed by atoms with Gasteiger partial charge in [0.15, 0.2) is 0 Å². The summed E-state index contributed by atoms with van der Waals surface area (Å²) in [6, 6.07) is 0. The maximum absolute atomic E-state index is 5.82. The molecule has 0 aliphatic carbocycles. The lowest BCUT2D eigenvalue weighted by Gasteiger charge is -2.47. The average Bonchev–Trinajstić information content (AvgIpc) is 2.63. The van der Waals surface area contributed by atoms with E-state index in [0.29, 0.717) is 0 Å². The summed E-state index contributed by atoms with van der Waals surface area (Å²) >= 11 is 0. The molecule has 0 fully saturated rings. The van der Waals surface area contributed by atoms with Crippen LogP contribution < -0.4 is 0 Å². The zero-order chi connectivity index (χ0) is 19.0. The van der Waals surface area contributed by atoms with Crippen LogP contribution in [0.15, 0.2) is 0 Å². The largest absolute Gasteiger partial charge is 0.382 e. The molecule has 0 N–H and O–H groups in total. The predicted molar refractivity (Wildman–Crippen MR) is 105 cm³/mol. The second-order valence-electron chi connectivity index (χ2n) is 7.02. The Balaban J connectivity index is 5.05. The van der Waals surface area contributed by atoms with Gasteiger partial charge in [-0.1, -0.05) is 58.8 Å². The van der Waals surface area contributed by atoms with Gasteiger partial charge in [0, 0.05) is 34.5 Å². The highest BCUT2D eigenvalue weighted by Crippen LogP contribution is 2.48. The molecule has 0 rings (SSSR count). The number of methoxy groups -OCH3 is 3. The summed E-state index contributed by atoms with van der Waals surface area (Å²) in [5.74, 6) is -0.974. The Labute approximate surface area is 156 Å². The Morgan fingerprint density at radius 1 is 0.600 bits per heavy atom. The summed E-state index contributed by atoms with van der Waals surface area (Å²) < 4.78 is 23.0. The standard InChI is InChI=1S/C21H44O4/c1-7-10-11-12-13-14-17-20(16-8-2,18-15-19-25-9-3)21(22-4,23-5)24-6/h7-19H2,1-6H3. The summed E-state index contributed by atoms with van der Waals surface area (Å²) in [6.45, 7) is 8.08. The first kappa shape index (κ1) is 24.8. The molecule has 4 nitrogen and oxygen atoms in total. The molecule has 0 aliphatic rings. The molecule has 25 heavy (non-hydrogen) atoms. The molecule has 0 amide bonds. The van der Waals surface area contributed by atoms with Gasteiger partial charge in [0.2, 0.25) is 0 Å². The monoisotopic (exact) mass is 360 g/mol. The van der Waals surface area contributed by atoms with E-state index in [0.717, 1.165) is 45.3 Å². The third-order valence-corrected chi connectivity index (χ3v) is 5.34. The minimum atomic E-state index is -0.974. The maximum Gasteiger partial charge on any atom is 0.288 e. The van der Waals surface area contributed by atoms with Crippen molar-refractivity contribution in [1.29, 1.82) is 0 Å². The summed E-state index contributed by atoms with van der Waals surface area (Å²) in [6.07, 6.45) is 12.9. The van der Waals surface area contributed by atoms with Crippen LogP contribution in [0.4, 0.5) is 0 Å². The fourth-order valence-electron chi connectivity index (χ4n) is 4.11. The summed E-state index contributed by atoms with van der Waals surface area (Å²) in [5, 5.41) is 0. The smallest absolute Gasteiger partial charge is 0.288 e. The van der Waals surface area contributed by atoms with Crippen LogP contribution in [-0.2, 0) is 18.9 Å². The molecule has 0 spiro atoms. The van der Waals surface area contributed by atoms with Crippen molar-refractivity contribution >= 4 is 0 Å². The molecule has 0 saturated heterocycles. The number of ether oxygens (including phenoxy) is 4. The zero-order valence-electron chi connectivity index (χ0n) is 17.8. The quantitative estimate of drug-likeness (QED) is 0.224. The first-order chi connectivity index (χ1) is 12.1. The molecule has 0 aromatic rings. The lowest BCUT2D eigenvalue weighted by Crippen LogP contribution is -2.53. The highest BCUT2D eigenvalue weighted by atomic mass is 16.9. The molecule has 0 saturated carbocycles. The summed E-state index contributed by atoms with van der Waals surface area (Å²) in [4.78, 5) is 0. The first-order valence-corrected chi connectivity index (χ1v) is 10.3. The second kappa shape index (κ2) is 15.0. The highest BCUT2D eigenvalue weighted by molar-refractivity contribution is 4.88. The van der Waals surface area contributed by atoms with Crippen LogP contribution in [0, 0.1) is 5.41 Å². The summed E-state index contributed by atoms with van der Waals surface area (Å²) in [7, 11) is 5.09. The predicted octanol–water partition coefficient (Wildman–Crippen LogP) is 5.93. The Hall–Kier alpha value is -0.160.